The monoisotopic (exact) mass is 210 g/mol. The molecule has 0 aliphatic carbocycles. The maximum Gasteiger partial charge on any atom is 0.213 e. The maximum absolute atomic E-state index is 13.3. The van der Waals surface area contributed by atoms with Crippen LogP contribution in [0.1, 0.15) is 38.9 Å². The summed E-state index contributed by atoms with van der Waals surface area (Å²) in [7, 11) is 0. The lowest BCUT2D eigenvalue weighted by Gasteiger charge is -2.15. The van der Waals surface area contributed by atoms with E-state index in [9.17, 15) is 4.39 Å². The molecular formula is C12H19FN2. The average molecular weight is 210 g/mol. The first-order chi connectivity index (χ1) is 7.16. The normalized spacial score (nSPS) is 21.5. The number of aromatic nitrogens is 2. The number of rotatable bonds is 2. The van der Waals surface area contributed by atoms with Gasteiger partial charge in [-0.05, 0) is 31.1 Å². The Morgan fingerprint density at radius 1 is 1.60 bits per heavy atom. The van der Waals surface area contributed by atoms with Crippen molar-refractivity contribution in [1.82, 2.24) is 9.55 Å². The van der Waals surface area contributed by atoms with Crippen LogP contribution in [0.2, 0.25) is 0 Å². The Morgan fingerprint density at radius 3 is 3.13 bits per heavy atom. The summed E-state index contributed by atoms with van der Waals surface area (Å²) < 4.78 is 15.0. The van der Waals surface area contributed by atoms with E-state index in [0.717, 1.165) is 31.1 Å². The number of nitrogens with zero attached hydrogens (tertiary/aromatic N) is 2. The summed E-state index contributed by atoms with van der Waals surface area (Å²) in [5.74, 6) is 2.18. The van der Waals surface area contributed by atoms with E-state index >= 15 is 0 Å². The SMILES string of the molecule is CC(C)CC1CCCn2c(F)cnc2C1. The lowest BCUT2D eigenvalue weighted by Crippen LogP contribution is -2.08. The molecule has 1 unspecified atom stereocenters. The third kappa shape index (κ3) is 2.39. The molecule has 15 heavy (non-hydrogen) atoms. The van der Waals surface area contributed by atoms with Gasteiger partial charge in [-0.2, -0.15) is 4.39 Å². The summed E-state index contributed by atoms with van der Waals surface area (Å²) in [5, 5.41) is 0. The third-order valence-corrected chi connectivity index (χ3v) is 3.16. The highest BCUT2D eigenvalue weighted by Gasteiger charge is 2.20. The standard InChI is InChI=1S/C12H19FN2/c1-9(2)6-10-4-3-5-15-11(13)8-14-12(15)7-10/h8-10H,3-7H2,1-2H3. The number of halogens is 1. The van der Waals surface area contributed by atoms with E-state index < -0.39 is 0 Å². The zero-order chi connectivity index (χ0) is 10.8. The zero-order valence-corrected chi connectivity index (χ0v) is 9.54. The van der Waals surface area contributed by atoms with Gasteiger partial charge in [0.05, 0.1) is 6.20 Å². The van der Waals surface area contributed by atoms with Gasteiger partial charge in [0, 0.05) is 13.0 Å². The fourth-order valence-corrected chi connectivity index (χ4v) is 2.56. The van der Waals surface area contributed by atoms with Crippen molar-refractivity contribution in [2.75, 3.05) is 0 Å². The molecule has 0 spiro atoms. The number of hydrogen-bond acceptors (Lipinski definition) is 1. The van der Waals surface area contributed by atoms with Crippen molar-refractivity contribution in [3.63, 3.8) is 0 Å². The summed E-state index contributed by atoms with van der Waals surface area (Å²) >= 11 is 0. The minimum absolute atomic E-state index is 0.171. The Kier molecular flexibility index (Phi) is 3.08. The van der Waals surface area contributed by atoms with Crippen molar-refractivity contribution in [3.05, 3.63) is 18.0 Å². The molecule has 0 saturated carbocycles. The van der Waals surface area contributed by atoms with E-state index in [-0.39, 0.29) is 5.95 Å². The number of imidazole rings is 1. The molecule has 0 saturated heterocycles. The van der Waals surface area contributed by atoms with Crippen LogP contribution in [0.15, 0.2) is 6.20 Å². The molecule has 2 rings (SSSR count). The van der Waals surface area contributed by atoms with Gasteiger partial charge in [0.25, 0.3) is 0 Å². The summed E-state index contributed by atoms with van der Waals surface area (Å²) in [6.45, 7) is 5.30. The van der Waals surface area contributed by atoms with E-state index in [1.54, 1.807) is 4.57 Å². The Bertz CT molecular complexity index is 330. The van der Waals surface area contributed by atoms with Crippen molar-refractivity contribution in [3.8, 4) is 0 Å². The molecule has 2 heterocycles. The van der Waals surface area contributed by atoms with Gasteiger partial charge < -0.3 is 4.57 Å². The summed E-state index contributed by atoms with van der Waals surface area (Å²) in [6.07, 6.45) is 5.82. The van der Waals surface area contributed by atoms with Crippen molar-refractivity contribution < 1.29 is 4.39 Å². The second-order valence-electron chi connectivity index (χ2n) is 4.99. The summed E-state index contributed by atoms with van der Waals surface area (Å²) in [4.78, 5) is 4.16. The first kappa shape index (κ1) is 10.7. The van der Waals surface area contributed by atoms with Crippen LogP contribution in [-0.4, -0.2) is 9.55 Å². The highest BCUT2D eigenvalue weighted by molar-refractivity contribution is 4.98. The van der Waals surface area contributed by atoms with Crippen LogP contribution in [0, 0.1) is 17.8 Å². The molecule has 1 aliphatic rings. The quantitative estimate of drug-likeness (QED) is 0.733. The lowest BCUT2D eigenvalue weighted by molar-refractivity contribution is 0.381. The molecule has 3 heteroatoms. The van der Waals surface area contributed by atoms with Crippen molar-refractivity contribution in [1.29, 1.82) is 0 Å². The van der Waals surface area contributed by atoms with Crippen molar-refractivity contribution in [2.24, 2.45) is 11.8 Å². The number of hydrogen-bond donors (Lipinski definition) is 0. The minimum Gasteiger partial charge on any atom is -0.305 e. The van der Waals surface area contributed by atoms with Gasteiger partial charge in [0.2, 0.25) is 5.95 Å². The van der Waals surface area contributed by atoms with Crippen LogP contribution in [0.3, 0.4) is 0 Å². The van der Waals surface area contributed by atoms with Crippen LogP contribution >= 0.6 is 0 Å². The Labute approximate surface area is 90.5 Å². The van der Waals surface area contributed by atoms with E-state index in [1.165, 1.54) is 19.0 Å². The van der Waals surface area contributed by atoms with Gasteiger partial charge >= 0.3 is 0 Å². The van der Waals surface area contributed by atoms with Crippen molar-refractivity contribution in [2.45, 2.75) is 46.1 Å². The van der Waals surface area contributed by atoms with Gasteiger partial charge in [-0.3, -0.25) is 0 Å². The molecule has 84 valence electrons. The van der Waals surface area contributed by atoms with Crippen LogP contribution in [0.4, 0.5) is 4.39 Å². The first-order valence-corrected chi connectivity index (χ1v) is 5.86. The van der Waals surface area contributed by atoms with Crippen LogP contribution < -0.4 is 0 Å². The van der Waals surface area contributed by atoms with Gasteiger partial charge in [0.15, 0.2) is 0 Å². The topological polar surface area (TPSA) is 17.8 Å². The molecule has 0 N–H and O–H groups in total. The predicted molar refractivity (Wildman–Crippen MR) is 58.1 cm³/mol. The van der Waals surface area contributed by atoms with Gasteiger partial charge in [0.1, 0.15) is 5.82 Å². The molecule has 0 radical (unpaired) electrons. The highest BCUT2D eigenvalue weighted by Crippen LogP contribution is 2.25. The molecule has 1 aliphatic heterocycles. The Hall–Kier alpha value is -0.860. The van der Waals surface area contributed by atoms with Gasteiger partial charge in [-0.1, -0.05) is 13.8 Å². The predicted octanol–water partition coefficient (Wildman–Crippen LogP) is 3.02. The van der Waals surface area contributed by atoms with Crippen molar-refractivity contribution >= 4 is 0 Å². The van der Waals surface area contributed by atoms with E-state index in [0.29, 0.717) is 5.92 Å². The smallest absolute Gasteiger partial charge is 0.213 e. The Balaban J connectivity index is 2.11. The maximum atomic E-state index is 13.3. The van der Waals surface area contributed by atoms with Gasteiger partial charge in [-0.15, -0.1) is 0 Å². The van der Waals surface area contributed by atoms with Crippen LogP contribution in [0.5, 0.6) is 0 Å². The van der Waals surface area contributed by atoms with E-state index in [2.05, 4.69) is 18.8 Å². The molecule has 0 bridgehead atoms. The summed E-state index contributed by atoms with van der Waals surface area (Å²) in [6, 6.07) is 0. The molecular weight excluding hydrogens is 191 g/mol. The molecule has 1 atom stereocenters. The van der Waals surface area contributed by atoms with Gasteiger partial charge in [-0.25, -0.2) is 4.98 Å². The number of fused-ring (bicyclic) bond motifs is 1. The molecule has 0 amide bonds. The minimum atomic E-state index is -0.171. The van der Waals surface area contributed by atoms with Crippen LogP contribution in [-0.2, 0) is 13.0 Å². The molecule has 0 aromatic carbocycles. The third-order valence-electron chi connectivity index (χ3n) is 3.16. The van der Waals surface area contributed by atoms with E-state index in [4.69, 9.17) is 0 Å². The largest absolute Gasteiger partial charge is 0.305 e. The average Bonchev–Trinajstić information content (AvgIpc) is 2.41. The summed E-state index contributed by atoms with van der Waals surface area (Å²) in [5.41, 5.74) is 0. The van der Waals surface area contributed by atoms with E-state index in [1.807, 2.05) is 0 Å². The molecule has 2 nitrogen and oxygen atoms in total. The Morgan fingerprint density at radius 2 is 2.40 bits per heavy atom. The second kappa shape index (κ2) is 4.33. The molecule has 1 aromatic heterocycles. The fourth-order valence-electron chi connectivity index (χ4n) is 2.56. The highest BCUT2D eigenvalue weighted by atomic mass is 19.1. The fraction of sp³-hybridized carbons (Fsp3) is 0.750. The molecule has 1 aromatic rings. The lowest BCUT2D eigenvalue weighted by atomic mass is 9.91. The molecule has 0 fully saturated rings. The second-order valence-corrected chi connectivity index (χ2v) is 4.99. The zero-order valence-electron chi connectivity index (χ0n) is 9.54. The van der Waals surface area contributed by atoms with Crippen LogP contribution in [0.25, 0.3) is 0 Å². The first-order valence-electron chi connectivity index (χ1n) is 5.86.